The molecule has 0 heterocycles. The van der Waals surface area contributed by atoms with Crippen molar-refractivity contribution in [1.29, 1.82) is 0 Å². The van der Waals surface area contributed by atoms with Crippen LogP contribution in [0, 0.1) is 13.8 Å². The molecule has 122 valence electrons. The van der Waals surface area contributed by atoms with Crippen LogP contribution in [-0.2, 0) is 9.59 Å². The van der Waals surface area contributed by atoms with Crippen molar-refractivity contribution >= 4 is 17.5 Å². The molecule has 0 aliphatic heterocycles. The average Bonchev–Trinajstić information content (AvgIpc) is 2.42. The van der Waals surface area contributed by atoms with E-state index in [2.05, 4.69) is 18.3 Å². The molecule has 0 aliphatic rings. The van der Waals surface area contributed by atoms with Gasteiger partial charge in [-0.2, -0.15) is 0 Å². The minimum Gasteiger partial charge on any atom is -0.356 e. The molecule has 0 radical (unpaired) electrons. The highest BCUT2D eigenvalue weighted by molar-refractivity contribution is 5.92. The number of nitrogens with zero attached hydrogens (tertiary/aromatic N) is 1. The zero-order valence-electron chi connectivity index (χ0n) is 14.2. The Hall–Kier alpha value is -1.84. The van der Waals surface area contributed by atoms with E-state index in [1.807, 2.05) is 26.0 Å². The standard InChI is InChI=1S/C18H28N2O2/c1-5-6-7-9-19-18(22)8-10-20(16(4)21)17-12-14(2)11-15(3)13-17/h11-13H,5-10H2,1-4H3,(H,19,22). The highest BCUT2D eigenvalue weighted by Gasteiger charge is 2.14. The molecule has 1 aromatic rings. The molecule has 1 aromatic carbocycles. The topological polar surface area (TPSA) is 49.4 Å². The second kappa shape index (κ2) is 9.23. The third-order valence-electron chi connectivity index (χ3n) is 3.56. The van der Waals surface area contributed by atoms with Gasteiger partial charge in [-0.15, -0.1) is 0 Å². The van der Waals surface area contributed by atoms with Crippen molar-refractivity contribution in [3.63, 3.8) is 0 Å². The van der Waals surface area contributed by atoms with Gasteiger partial charge < -0.3 is 10.2 Å². The summed E-state index contributed by atoms with van der Waals surface area (Å²) >= 11 is 0. The van der Waals surface area contributed by atoms with E-state index in [1.54, 1.807) is 4.90 Å². The van der Waals surface area contributed by atoms with E-state index in [-0.39, 0.29) is 11.8 Å². The molecule has 4 heteroatoms. The Morgan fingerprint density at radius 2 is 1.73 bits per heavy atom. The van der Waals surface area contributed by atoms with Crippen molar-refractivity contribution < 1.29 is 9.59 Å². The zero-order valence-corrected chi connectivity index (χ0v) is 14.2. The summed E-state index contributed by atoms with van der Waals surface area (Å²) in [7, 11) is 0. The second-order valence-electron chi connectivity index (χ2n) is 5.82. The molecular formula is C18H28N2O2. The van der Waals surface area contributed by atoms with Crippen LogP contribution in [0.5, 0.6) is 0 Å². The summed E-state index contributed by atoms with van der Waals surface area (Å²) < 4.78 is 0. The molecule has 0 aromatic heterocycles. The first kappa shape index (κ1) is 18.2. The molecule has 2 amide bonds. The number of rotatable bonds is 8. The van der Waals surface area contributed by atoms with Crippen LogP contribution in [0.15, 0.2) is 18.2 Å². The average molecular weight is 304 g/mol. The lowest BCUT2D eigenvalue weighted by atomic mass is 10.1. The van der Waals surface area contributed by atoms with Crippen molar-refractivity contribution in [3.05, 3.63) is 29.3 Å². The third-order valence-corrected chi connectivity index (χ3v) is 3.56. The summed E-state index contributed by atoms with van der Waals surface area (Å²) in [6, 6.07) is 6.03. The van der Waals surface area contributed by atoms with Gasteiger partial charge in [0.05, 0.1) is 0 Å². The molecule has 0 spiro atoms. The van der Waals surface area contributed by atoms with E-state index in [1.165, 1.54) is 6.92 Å². The maximum atomic E-state index is 11.9. The number of unbranched alkanes of at least 4 members (excludes halogenated alkanes) is 2. The predicted octanol–water partition coefficient (Wildman–Crippen LogP) is 3.35. The Bertz CT molecular complexity index is 492. The Morgan fingerprint density at radius 1 is 1.09 bits per heavy atom. The fraction of sp³-hybridized carbons (Fsp3) is 0.556. The van der Waals surface area contributed by atoms with Gasteiger partial charge >= 0.3 is 0 Å². The van der Waals surface area contributed by atoms with E-state index >= 15 is 0 Å². The maximum Gasteiger partial charge on any atom is 0.223 e. The van der Waals surface area contributed by atoms with Crippen molar-refractivity contribution in [3.8, 4) is 0 Å². The smallest absolute Gasteiger partial charge is 0.223 e. The Balaban J connectivity index is 2.58. The number of hydrogen-bond donors (Lipinski definition) is 1. The van der Waals surface area contributed by atoms with Crippen LogP contribution in [0.1, 0.15) is 50.7 Å². The summed E-state index contributed by atoms with van der Waals surface area (Å²) in [4.78, 5) is 25.4. The molecule has 1 rings (SSSR count). The highest BCUT2D eigenvalue weighted by Crippen LogP contribution is 2.19. The Labute approximate surface area is 133 Å². The molecular weight excluding hydrogens is 276 g/mol. The SMILES string of the molecule is CCCCCNC(=O)CCN(C(C)=O)c1cc(C)cc(C)c1. The van der Waals surface area contributed by atoms with Gasteiger partial charge in [-0.1, -0.05) is 25.8 Å². The summed E-state index contributed by atoms with van der Waals surface area (Å²) in [5.41, 5.74) is 3.10. The Morgan fingerprint density at radius 3 is 2.27 bits per heavy atom. The first-order valence-electron chi connectivity index (χ1n) is 8.07. The van der Waals surface area contributed by atoms with Crippen molar-refractivity contribution in [2.24, 2.45) is 0 Å². The highest BCUT2D eigenvalue weighted by atomic mass is 16.2. The molecule has 0 unspecified atom stereocenters. The van der Waals surface area contributed by atoms with Gasteiger partial charge in [0.15, 0.2) is 0 Å². The predicted molar refractivity (Wildman–Crippen MR) is 91.1 cm³/mol. The maximum absolute atomic E-state index is 11.9. The van der Waals surface area contributed by atoms with Gasteiger partial charge in [-0.3, -0.25) is 9.59 Å². The van der Waals surface area contributed by atoms with Crippen LogP contribution >= 0.6 is 0 Å². The van der Waals surface area contributed by atoms with Crippen LogP contribution < -0.4 is 10.2 Å². The molecule has 0 saturated heterocycles. The van der Waals surface area contributed by atoms with Gasteiger partial charge in [0.2, 0.25) is 11.8 Å². The number of hydrogen-bond acceptors (Lipinski definition) is 2. The second-order valence-corrected chi connectivity index (χ2v) is 5.82. The number of aryl methyl sites for hydroxylation is 2. The van der Waals surface area contributed by atoms with Gasteiger partial charge in [0, 0.05) is 32.1 Å². The van der Waals surface area contributed by atoms with Crippen LogP contribution in [0.3, 0.4) is 0 Å². The molecule has 0 fully saturated rings. The number of anilines is 1. The monoisotopic (exact) mass is 304 g/mol. The summed E-state index contributed by atoms with van der Waals surface area (Å²) in [5.74, 6) is -0.0319. The van der Waals surface area contributed by atoms with Crippen molar-refractivity contribution in [1.82, 2.24) is 5.32 Å². The lowest BCUT2D eigenvalue weighted by Gasteiger charge is -2.22. The molecule has 0 aliphatic carbocycles. The van der Waals surface area contributed by atoms with Crippen LogP contribution in [-0.4, -0.2) is 24.9 Å². The number of amides is 2. The number of benzene rings is 1. The third kappa shape index (κ3) is 6.29. The Kier molecular flexibility index (Phi) is 7.64. The van der Waals surface area contributed by atoms with Gasteiger partial charge in [-0.25, -0.2) is 0 Å². The fourth-order valence-corrected chi connectivity index (χ4v) is 2.48. The number of carbonyl (C=O) groups is 2. The molecule has 22 heavy (non-hydrogen) atoms. The van der Waals surface area contributed by atoms with Crippen LogP contribution in [0.4, 0.5) is 5.69 Å². The molecule has 0 atom stereocenters. The van der Waals surface area contributed by atoms with Gasteiger partial charge in [0.1, 0.15) is 0 Å². The van der Waals surface area contributed by atoms with E-state index in [4.69, 9.17) is 0 Å². The minimum absolute atomic E-state index is 0.00623. The van der Waals surface area contributed by atoms with Crippen LogP contribution in [0.25, 0.3) is 0 Å². The zero-order chi connectivity index (χ0) is 16.5. The summed E-state index contributed by atoms with van der Waals surface area (Å²) in [6.07, 6.45) is 3.61. The normalized spacial score (nSPS) is 10.4. The lowest BCUT2D eigenvalue weighted by molar-refractivity contribution is -0.121. The van der Waals surface area contributed by atoms with E-state index in [0.29, 0.717) is 13.0 Å². The quantitative estimate of drug-likeness (QED) is 0.749. The van der Waals surface area contributed by atoms with E-state index in [9.17, 15) is 9.59 Å². The van der Waals surface area contributed by atoms with E-state index in [0.717, 1.165) is 42.6 Å². The lowest BCUT2D eigenvalue weighted by Crippen LogP contribution is -2.34. The first-order valence-corrected chi connectivity index (χ1v) is 8.07. The van der Waals surface area contributed by atoms with Crippen molar-refractivity contribution in [2.75, 3.05) is 18.0 Å². The molecule has 0 bridgehead atoms. The van der Waals surface area contributed by atoms with Crippen LogP contribution in [0.2, 0.25) is 0 Å². The van der Waals surface area contributed by atoms with Gasteiger partial charge in [0.25, 0.3) is 0 Å². The molecule has 0 saturated carbocycles. The molecule has 1 N–H and O–H groups in total. The van der Waals surface area contributed by atoms with Crippen molar-refractivity contribution in [2.45, 2.75) is 53.4 Å². The van der Waals surface area contributed by atoms with Gasteiger partial charge in [-0.05, 0) is 43.5 Å². The number of carbonyl (C=O) groups excluding carboxylic acids is 2. The fourth-order valence-electron chi connectivity index (χ4n) is 2.48. The minimum atomic E-state index is -0.0382. The van der Waals surface area contributed by atoms with E-state index < -0.39 is 0 Å². The summed E-state index contributed by atoms with van der Waals surface area (Å²) in [6.45, 7) is 8.83. The largest absolute Gasteiger partial charge is 0.356 e. The first-order chi connectivity index (χ1) is 10.4. The number of nitrogens with one attached hydrogen (secondary N) is 1. The summed E-state index contributed by atoms with van der Waals surface area (Å²) in [5, 5.41) is 2.91. The molecule has 4 nitrogen and oxygen atoms in total.